The van der Waals surface area contributed by atoms with Crippen molar-refractivity contribution in [2.24, 2.45) is 17.8 Å². The van der Waals surface area contributed by atoms with Gasteiger partial charge in [0.25, 0.3) is 5.91 Å². The third kappa shape index (κ3) is 13.5. The van der Waals surface area contributed by atoms with Gasteiger partial charge in [0.1, 0.15) is 11.6 Å². The van der Waals surface area contributed by atoms with Crippen molar-refractivity contribution in [1.82, 2.24) is 20.3 Å². The van der Waals surface area contributed by atoms with Crippen LogP contribution in [0.4, 0.5) is 13.2 Å². The highest BCUT2D eigenvalue weighted by Gasteiger charge is 2.66. The average molecular weight is 643 g/mol. The number of hydrogen-bond acceptors (Lipinski definition) is 7. The van der Waals surface area contributed by atoms with Crippen molar-refractivity contribution in [1.29, 1.82) is 0 Å². The number of carbonyl (C=O) groups is 4. The molecule has 0 aromatic carbocycles. The zero-order chi connectivity index (χ0) is 34.0. The summed E-state index contributed by atoms with van der Waals surface area (Å²) < 4.78 is 63.6. The van der Waals surface area contributed by atoms with Gasteiger partial charge in [0.05, 0.1) is 24.4 Å². The van der Waals surface area contributed by atoms with Crippen molar-refractivity contribution in [2.45, 2.75) is 96.4 Å². The van der Waals surface area contributed by atoms with E-state index in [-0.39, 0.29) is 25.7 Å². The maximum absolute atomic E-state index is 13.4. The number of hydrogen-bond donors (Lipinski definition) is 4. The molecule has 3 fully saturated rings. The normalized spacial score (nSPS) is 23.4. The number of nitrogens with one attached hydrogen (secondary N) is 3. The first-order valence-corrected chi connectivity index (χ1v) is 15.7. The minimum Gasteiger partial charge on any atom is -0.400 e. The molecule has 4 atom stereocenters. The molecule has 3 aliphatic rings. The van der Waals surface area contributed by atoms with Gasteiger partial charge in [0, 0.05) is 13.7 Å². The summed E-state index contributed by atoms with van der Waals surface area (Å²) in [5.74, 6) is -3.43. The van der Waals surface area contributed by atoms with Gasteiger partial charge in [-0.05, 0) is 43.9 Å². The highest BCUT2D eigenvalue weighted by molar-refractivity contribution is 7.91. The lowest BCUT2D eigenvalue weighted by molar-refractivity contribution is -0.140. The van der Waals surface area contributed by atoms with Crippen LogP contribution >= 0.6 is 0 Å². The molecule has 2 unspecified atom stereocenters. The average Bonchev–Trinajstić information content (AvgIpc) is 3.90. The fourth-order valence-corrected chi connectivity index (χ4v) is 5.54. The number of carbonyl (C=O) groups excluding carboxylic acids is 4. The molecular formula is C28H49F3N4O7S. The smallest absolute Gasteiger partial charge is 0.259 e. The lowest BCUT2D eigenvalue weighted by atomic mass is 9.96. The van der Waals surface area contributed by atoms with Gasteiger partial charge >= 0.3 is 0 Å². The molecule has 4 amide bonds. The summed E-state index contributed by atoms with van der Waals surface area (Å²) in [4.78, 5) is 49.9. The SMILES string of the molecule is C#C.CC(C)C.CCCF.CC[C@@H]1CCN(C(=O)CNC=O)[C@@H]1C(=O)NC1(C(=O)NS(=O)(=O)C2CC2)CC1C(F)F.CO. The lowest BCUT2D eigenvalue weighted by Gasteiger charge is -2.29. The van der Waals surface area contributed by atoms with Crippen molar-refractivity contribution in [3.05, 3.63) is 0 Å². The van der Waals surface area contributed by atoms with Crippen LogP contribution in [0.15, 0.2) is 0 Å². The molecule has 0 aromatic rings. The number of rotatable bonds is 11. The van der Waals surface area contributed by atoms with Gasteiger partial charge in [-0.2, -0.15) is 0 Å². The molecule has 2 saturated carbocycles. The van der Waals surface area contributed by atoms with Crippen LogP contribution in [0.25, 0.3) is 0 Å². The van der Waals surface area contributed by atoms with E-state index in [1.54, 1.807) is 6.92 Å². The van der Waals surface area contributed by atoms with Crippen LogP contribution in [0.3, 0.4) is 0 Å². The molecule has 0 radical (unpaired) electrons. The van der Waals surface area contributed by atoms with E-state index < -0.39 is 63.3 Å². The number of aliphatic hydroxyl groups excluding tert-OH is 1. The van der Waals surface area contributed by atoms with Crippen molar-refractivity contribution in [3.8, 4) is 12.8 Å². The molecule has 15 heteroatoms. The second-order valence-corrected chi connectivity index (χ2v) is 12.7. The summed E-state index contributed by atoms with van der Waals surface area (Å²) in [5, 5.41) is 10.8. The standard InChI is InChI=1S/C18H26F2N4O6S.C4H10.C3H7F.C2H2.CH4O/c1-2-10-5-6-24(13(26)8-21-9-25)14(10)16(27)22-18(7-12(18)15(19)20)17(28)23-31(29,30)11-3-4-11;1-4(2)3;1-2-3-4;2*1-2/h9-12,14-15H,2-8H2,1H3,(H,21,25)(H,22,27)(H,23,28);4H,1-3H3;2-3H2,1H3;1-2H;2H,1H3/t10-,12?,14+,18?;;;;/m1..../s1. The van der Waals surface area contributed by atoms with Crippen LogP contribution in [-0.4, -0.2) is 92.7 Å². The summed E-state index contributed by atoms with van der Waals surface area (Å²) in [6, 6.07) is -1.01. The Morgan fingerprint density at radius 1 is 1.09 bits per heavy atom. The van der Waals surface area contributed by atoms with Gasteiger partial charge < -0.3 is 20.6 Å². The summed E-state index contributed by atoms with van der Waals surface area (Å²) in [6.45, 7) is 9.85. The maximum atomic E-state index is 13.4. The Hall–Kier alpha value is -2.86. The quantitative estimate of drug-likeness (QED) is 0.198. The maximum Gasteiger partial charge on any atom is 0.259 e. The van der Waals surface area contributed by atoms with Gasteiger partial charge in [-0.3, -0.25) is 28.3 Å². The predicted molar refractivity (Wildman–Crippen MR) is 158 cm³/mol. The second kappa shape index (κ2) is 20.9. The van der Waals surface area contributed by atoms with Crippen LogP contribution in [0.1, 0.15) is 73.1 Å². The molecular weight excluding hydrogens is 593 g/mol. The molecule has 1 saturated heterocycles. The monoisotopic (exact) mass is 642 g/mol. The largest absolute Gasteiger partial charge is 0.400 e. The van der Waals surface area contributed by atoms with Crippen LogP contribution in [0.2, 0.25) is 0 Å². The minimum absolute atomic E-state index is 0.181. The van der Waals surface area contributed by atoms with Gasteiger partial charge in [-0.1, -0.05) is 41.0 Å². The van der Waals surface area contributed by atoms with Crippen LogP contribution in [0, 0.1) is 30.6 Å². The molecule has 4 N–H and O–H groups in total. The fourth-order valence-electron chi connectivity index (χ4n) is 4.18. The van der Waals surface area contributed by atoms with Crippen molar-refractivity contribution in [3.63, 3.8) is 0 Å². The van der Waals surface area contributed by atoms with E-state index in [4.69, 9.17) is 5.11 Å². The first-order valence-electron chi connectivity index (χ1n) is 14.2. The molecule has 43 heavy (non-hydrogen) atoms. The molecule has 0 spiro atoms. The number of sulfonamides is 1. The molecule has 2 aliphatic carbocycles. The Kier molecular flexibility index (Phi) is 20.6. The molecule has 11 nitrogen and oxygen atoms in total. The molecule has 250 valence electrons. The summed E-state index contributed by atoms with van der Waals surface area (Å²) in [5.41, 5.74) is -2.04. The Morgan fingerprint density at radius 3 is 1.98 bits per heavy atom. The van der Waals surface area contributed by atoms with E-state index >= 15 is 0 Å². The number of aliphatic hydroxyl groups is 1. The Balaban J connectivity index is 0. The first-order chi connectivity index (χ1) is 20.2. The number of likely N-dealkylation sites (tertiary alicyclic amines) is 1. The molecule has 0 aromatic heterocycles. The third-order valence-electron chi connectivity index (χ3n) is 6.43. The van der Waals surface area contributed by atoms with E-state index in [2.05, 4.69) is 44.3 Å². The Morgan fingerprint density at radius 2 is 1.60 bits per heavy atom. The number of terminal acetylenes is 1. The van der Waals surface area contributed by atoms with Crippen LogP contribution in [0.5, 0.6) is 0 Å². The minimum atomic E-state index is -3.98. The Bertz CT molecular complexity index is 989. The lowest BCUT2D eigenvalue weighted by Crippen LogP contribution is -2.58. The summed E-state index contributed by atoms with van der Waals surface area (Å²) >= 11 is 0. The second-order valence-electron chi connectivity index (χ2n) is 10.7. The number of alkyl halides is 3. The van der Waals surface area contributed by atoms with E-state index in [1.807, 2.05) is 11.6 Å². The van der Waals surface area contributed by atoms with Gasteiger partial charge in [-0.15, -0.1) is 12.8 Å². The van der Waals surface area contributed by atoms with E-state index in [1.165, 1.54) is 4.90 Å². The Labute approximate surface area is 254 Å². The summed E-state index contributed by atoms with van der Waals surface area (Å²) in [6.07, 6.45) is 7.45. The zero-order valence-corrected chi connectivity index (χ0v) is 26.8. The van der Waals surface area contributed by atoms with Crippen molar-refractivity contribution >= 4 is 34.2 Å². The fraction of sp³-hybridized carbons (Fsp3) is 0.786. The van der Waals surface area contributed by atoms with Crippen LogP contribution in [-0.2, 0) is 29.2 Å². The van der Waals surface area contributed by atoms with E-state index in [0.717, 1.165) is 13.0 Å². The third-order valence-corrected chi connectivity index (χ3v) is 8.25. The van der Waals surface area contributed by atoms with E-state index in [0.29, 0.717) is 38.5 Å². The first kappa shape index (κ1) is 42.3. The highest BCUT2D eigenvalue weighted by atomic mass is 32.2. The van der Waals surface area contributed by atoms with Crippen molar-refractivity contribution < 1.29 is 45.9 Å². The van der Waals surface area contributed by atoms with Crippen molar-refractivity contribution in [2.75, 3.05) is 26.9 Å². The number of amides is 4. The molecule has 1 aliphatic heterocycles. The predicted octanol–water partition coefficient (Wildman–Crippen LogP) is 1.99. The molecule has 1 heterocycles. The number of halogens is 3. The van der Waals surface area contributed by atoms with Crippen LogP contribution < -0.4 is 15.4 Å². The van der Waals surface area contributed by atoms with E-state index in [9.17, 15) is 40.8 Å². The van der Waals surface area contributed by atoms with Gasteiger partial charge in [0.15, 0.2) is 0 Å². The topological polar surface area (TPSA) is 162 Å². The molecule has 3 rings (SSSR count). The zero-order valence-electron chi connectivity index (χ0n) is 25.9. The highest BCUT2D eigenvalue weighted by Crippen LogP contribution is 2.48. The van der Waals surface area contributed by atoms with Gasteiger partial charge in [-0.25, -0.2) is 17.2 Å². The molecule has 0 bridgehead atoms. The number of nitrogens with zero attached hydrogens (tertiary/aromatic N) is 1. The summed E-state index contributed by atoms with van der Waals surface area (Å²) in [7, 11) is -2.98. The van der Waals surface area contributed by atoms with Gasteiger partial charge in [0.2, 0.25) is 34.7 Å².